The number of rotatable bonds is 3. The van der Waals surface area contributed by atoms with Crippen LogP contribution in [-0.4, -0.2) is 34.7 Å². The molecule has 5 nitrogen and oxygen atoms in total. The normalized spacial score (nSPS) is 19.1. The lowest BCUT2D eigenvalue weighted by atomic mass is 10.0. The molecule has 2 fully saturated rings. The zero-order valence-electron chi connectivity index (χ0n) is 13.2. The zero-order valence-corrected chi connectivity index (χ0v) is 13.2. The van der Waals surface area contributed by atoms with Gasteiger partial charge in [0, 0.05) is 25.9 Å². The molecule has 0 spiro atoms. The van der Waals surface area contributed by atoms with E-state index in [2.05, 4.69) is 6.07 Å². The van der Waals surface area contributed by atoms with Crippen molar-refractivity contribution in [1.29, 1.82) is 5.26 Å². The maximum atomic E-state index is 12.4. The lowest BCUT2D eigenvalue weighted by molar-refractivity contribution is -0.150. The van der Waals surface area contributed by atoms with Gasteiger partial charge in [-0.15, -0.1) is 0 Å². The summed E-state index contributed by atoms with van der Waals surface area (Å²) < 4.78 is 0. The number of likely N-dealkylation sites (tertiary alicyclic amines) is 2. The highest BCUT2D eigenvalue weighted by Gasteiger charge is 2.35. The Labute approximate surface area is 136 Å². The second kappa shape index (κ2) is 6.82. The molecule has 1 aromatic carbocycles. The second-order valence-electron chi connectivity index (χ2n) is 6.20. The molecule has 0 saturated carbocycles. The van der Waals surface area contributed by atoms with Crippen molar-refractivity contribution in [3.63, 3.8) is 0 Å². The van der Waals surface area contributed by atoms with Crippen LogP contribution in [0.5, 0.6) is 0 Å². The molecule has 2 aliphatic heterocycles. The number of piperidine rings is 2. The molecule has 2 saturated heterocycles. The fourth-order valence-electron chi connectivity index (χ4n) is 3.43. The van der Waals surface area contributed by atoms with Crippen molar-refractivity contribution in [2.24, 2.45) is 0 Å². The van der Waals surface area contributed by atoms with Gasteiger partial charge in [-0.1, -0.05) is 12.1 Å². The molecule has 3 rings (SSSR count). The molecule has 23 heavy (non-hydrogen) atoms. The van der Waals surface area contributed by atoms with E-state index in [0.717, 1.165) is 31.2 Å². The summed E-state index contributed by atoms with van der Waals surface area (Å²) in [7, 11) is 0. The van der Waals surface area contributed by atoms with E-state index in [9.17, 15) is 9.59 Å². The first kappa shape index (κ1) is 15.5. The molecular weight excluding hydrogens is 290 g/mol. The fraction of sp³-hybridized carbons (Fsp3) is 0.500. The van der Waals surface area contributed by atoms with Gasteiger partial charge < -0.3 is 9.80 Å². The number of hydrogen-bond donors (Lipinski definition) is 0. The van der Waals surface area contributed by atoms with Crippen LogP contribution in [0, 0.1) is 11.3 Å². The minimum atomic E-state index is -0.330. The molecule has 0 bridgehead atoms. The van der Waals surface area contributed by atoms with Crippen molar-refractivity contribution in [3.8, 4) is 6.07 Å². The highest BCUT2D eigenvalue weighted by molar-refractivity contribution is 5.80. The standard InChI is InChI=1S/C18H21N3O2/c19-13-14-7-9-15(10-8-14)18(20-11-3-1-5-16(20)22)21-12-4-2-6-17(21)23/h7-10,18H,1-6,11-12H2. The molecule has 2 amide bonds. The number of amides is 2. The number of carbonyl (C=O) groups is 2. The highest BCUT2D eigenvalue weighted by Crippen LogP contribution is 2.31. The van der Waals surface area contributed by atoms with Crippen LogP contribution in [0.25, 0.3) is 0 Å². The third kappa shape index (κ3) is 3.21. The van der Waals surface area contributed by atoms with E-state index in [4.69, 9.17) is 5.26 Å². The van der Waals surface area contributed by atoms with Gasteiger partial charge in [-0.25, -0.2) is 0 Å². The molecule has 1 aromatic rings. The number of nitrogens with zero attached hydrogens (tertiary/aromatic N) is 3. The highest BCUT2D eigenvalue weighted by atomic mass is 16.2. The lowest BCUT2D eigenvalue weighted by Gasteiger charge is -2.43. The Kier molecular flexibility index (Phi) is 4.61. The van der Waals surface area contributed by atoms with Gasteiger partial charge in [0.25, 0.3) is 0 Å². The predicted molar refractivity (Wildman–Crippen MR) is 85.0 cm³/mol. The molecule has 2 aliphatic rings. The van der Waals surface area contributed by atoms with Crippen LogP contribution in [0.4, 0.5) is 0 Å². The first-order valence-electron chi connectivity index (χ1n) is 8.30. The van der Waals surface area contributed by atoms with E-state index in [1.807, 2.05) is 21.9 Å². The SMILES string of the molecule is N#Cc1ccc(C(N2CCCCC2=O)N2CCCCC2=O)cc1. The Bertz CT molecular complexity index is 605. The van der Waals surface area contributed by atoms with Crippen LogP contribution in [0.15, 0.2) is 24.3 Å². The summed E-state index contributed by atoms with van der Waals surface area (Å²) in [5, 5.41) is 8.97. The molecule has 0 radical (unpaired) electrons. The Hall–Kier alpha value is -2.35. The van der Waals surface area contributed by atoms with Crippen LogP contribution >= 0.6 is 0 Å². The molecule has 2 heterocycles. The number of hydrogen-bond acceptors (Lipinski definition) is 3. The smallest absolute Gasteiger partial charge is 0.224 e. The molecular formula is C18H21N3O2. The van der Waals surface area contributed by atoms with Gasteiger partial charge in [-0.3, -0.25) is 9.59 Å². The second-order valence-corrected chi connectivity index (χ2v) is 6.20. The topological polar surface area (TPSA) is 64.4 Å². The van der Waals surface area contributed by atoms with Crippen molar-refractivity contribution in [1.82, 2.24) is 9.80 Å². The summed E-state index contributed by atoms with van der Waals surface area (Å²) in [5.74, 6) is 0.230. The largest absolute Gasteiger partial charge is 0.318 e. The van der Waals surface area contributed by atoms with Crippen molar-refractivity contribution in [2.45, 2.75) is 44.7 Å². The van der Waals surface area contributed by atoms with E-state index >= 15 is 0 Å². The average Bonchev–Trinajstić information content (AvgIpc) is 2.59. The third-order valence-corrected chi connectivity index (χ3v) is 4.65. The van der Waals surface area contributed by atoms with E-state index in [0.29, 0.717) is 31.5 Å². The minimum Gasteiger partial charge on any atom is -0.318 e. The Morgan fingerprint density at radius 1 is 0.870 bits per heavy atom. The first-order chi connectivity index (χ1) is 11.2. The van der Waals surface area contributed by atoms with Crippen LogP contribution in [0.3, 0.4) is 0 Å². The molecule has 0 aromatic heterocycles. The Balaban J connectivity index is 1.96. The molecule has 120 valence electrons. The van der Waals surface area contributed by atoms with Crippen molar-refractivity contribution in [2.75, 3.05) is 13.1 Å². The van der Waals surface area contributed by atoms with Crippen LogP contribution in [-0.2, 0) is 9.59 Å². The van der Waals surface area contributed by atoms with E-state index in [1.54, 1.807) is 12.1 Å². The van der Waals surface area contributed by atoms with Crippen molar-refractivity contribution >= 4 is 11.8 Å². The van der Waals surface area contributed by atoms with Crippen molar-refractivity contribution in [3.05, 3.63) is 35.4 Å². The summed E-state index contributed by atoms with van der Waals surface area (Å²) in [6.07, 6.45) is 4.56. The van der Waals surface area contributed by atoms with E-state index in [1.165, 1.54) is 0 Å². The van der Waals surface area contributed by atoms with Crippen LogP contribution in [0.1, 0.15) is 55.8 Å². The minimum absolute atomic E-state index is 0.115. The van der Waals surface area contributed by atoms with Gasteiger partial charge in [-0.05, 0) is 43.4 Å². The monoisotopic (exact) mass is 311 g/mol. The van der Waals surface area contributed by atoms with Gasteiger partial charge >= 0.3 is 0 Å². The molecule has 0 aliphatic carbocycles. The average molecular weight is 311 g/mol. The van der Waals surface area contributed by atoms with Crippen molar-refractivity contribution < 1.29 is 9.59 Å². The quantitative estimate of drug-likeness (QED) is 0.862. The summed E-state index contributed by atoms with van der Waals surface area (Å²) in [6, 6.07) is 9.36. The van der Waals surface area contributed by atoms with E-state index in [-0.39, 0.29) is 18.0 Å². The van der Waals surface area contributed by atoms with Crippen LogP contribution in [0.2, 0.25) is 0 Å². The first-order valence-corrected chi connectivity index (χ1v) is 8.30. The summed E-state index contributed by atoms with van der Waals surface area (Å²) in [6.45, 7) is 1.38. The predicted octanol–water partition coefficient (Wildman–Crippen LogP) is 2.58. The van der Waals surface area contributed by atoms with Gasteiger partial charge in [-0.2, -0.15) is 5.26 Å². The van der Waals surface area contributed by atoms with Gasteiger partial charge in [0.1, 0.15) is 6.17 Å². The maximum Gasteiger partial charge on any atom is 0.224 e. The van der Waals surface area contributed by atoms with Crippen LogP contribution < -0.4 is 0 Å². The number of nitriles is 1. The van der Waals surface area contributed by atoms with E-state index < -0.39 is 0 Å². The Morgan fingerprint density at radius 2 is 1.39 bits per heavy atom. The maximum absolute atomic E-state index is 12.4. The fourth-order valence-corrected chi connectivity index (χ4v) is 3.43. The summed E-state index contributed by atoms with van der Waals surface area (Å²) in [4.78, 5) is 28.5. The molecule has 0 unspecified atom stereocenters. The molecule has 0 N–H and O–H groups in total. The lowest BCUT2D eigenvalue weighted by Crippen LogP contribution is -2.50. The summed E-state index contributed by atoms with van der Waals surface area (Å²) in [5.41, 5.74) is 1.50. The third-order valence-electron chi connectivity index (χ3n) is 4.65. The molecule has 0 atom stereocenters. The Morgan fingerprint density at radius 3 is 1.83 bits per heavy atom. The zero-order chi connectivity index (χ0) is 16.2. The van der Waals surface area contributed by atoms with Gasteiger partial charge in [0.05, 0.1) is 11.6 Å². The summed E-state index contributed by atoms with van der Waals surface area (Å²) >= 11 is 0. The van der Waals surface area contributed by atoms with Gasteiger partial charge in [0.15, 0.2) is 0 Å². The van der Waals surface area contributed by atoms with Gasteiger partial charge in [0.2, 0.25) is 11.8 Å². The number of benzene rings is 1. The number of carbonyl (C=O) groups excluding carboxylic acids is 2. The molecule has 5 heteroatoms.